The summed E-state index contributed by atoms with van der Waals surface area (Å²) in [5.41, 5.74) is 4.23. The minimum atomic E-state index is -0.503. The van der Waals surface area contributed by atoms with Crippen LogP contribution in [-0.4, -0.2) is 45.0 Å². The van der Waals surface area contributed by atoms with Gasteiger partial charge in [-0.15, -0.1) is 0 Å². The number of hydrogen-bond donors (Lipinski definition) is 3. The van der Waals surface area contributed by atoms with Gasteiger partial charge >= 0.3 is 0 Å². The minimum absolute atomic E-state index is 0.115. The van der Waals surface area contributed by atoms with Crippen molar-refractivity contribution in [3.8, 4) is 28.3 Å². The Balaban J connectivity index is 2.02. The Bertz CT molecular complexity index is 910. The van der Waals surface area contributed by atoms with Crippen LogP contribution in [0, 0.1) is 6.92 Å². The molecule has 0 saturated carbocycles. The maximum absolute atomic E-state index is 9.44. The summed E-state index contributed by atoms with van der Waals surface area (Å²) < 4.78 is 5.36. The van der Waals surface area contributed by atoms with E-state index in [2.05, 4.69) is 25.5 Å². The SMILES string of the molecule is COc1cc(C)cc(-c2[nH]ncc2-c2cc(NCC(C)O)nc(Cl)n2)c1. The molecule has 0 radical (unpaired) electrons. The maximum Gasteiger partial charge on any atom is 0.224 e. The molecule has 0 aliphatic heterocycles. The first kappa shape index (κ1) is 18.2. The Morgan fingerprint density at radius 3 is 2.81 bits per heavy atom. The van der Waals surface area contributed by atoms with Gasteiger partial charge in [-0.25, -0.2) is 9.97 Å². The summed E-state index contributed by atoms with van der Waals surface area (Å²) in [4.78, 5) is 8.46. The Morgan fingerprint density at radius 1 is 1.27 bits per heavy atom. The summed E-state index contributed by atoms with van der Waals surface area (Å²) >= 11 is 6.08. The fraction of sp³-hybridized carbons (Fsp3) is 0.278. The van der Waals surface area contributed by atoms with Crippen LogP contribution in [0.25, 0.3) is 22.5 Å². The summed E-state index contributed by atoms with van der Waals surface area (Å²) in [7, 11) is 1.64. The molecule has 3 rings (SSSR count). The largest absolute Gasteiger partial charge is 0.497 e. The molecule has 7 nitrogen and oxygen atoms in total. The molecule has 0 amide bonds. The van der Waals surface area contributed by atoms with Crippen molar-refractivity contribution in [1.82, 2.24) is 20.2 Å². The van der Waals surface area contributed by atoms with Gasteiger partial charge in [0.1, 0.15) is 11.6 Å². The van der Waals surface area contributed by atoms with E-state index in [1.807, 2.05) is 25.1 Å². The number of aliphatic hydroxyl groups is 1. The van der Waals surface area contributed by atoms with Crippen LogP contribution in [0.4, 0.5) is 5.82 Å². The fourth-order valence-electron chi connectivity index (χ4n) is 2.61. The molecule has 2 aromatic heterocycles. The van der Waals surface area contributed by atoms with Gasteiger partial charge in [0, 0.05) is 23.7 Å². The van der Waals surface area contributed by atoms with Crippen LogP contribution < -0.4 is 10.1 Å². The molecular weight excluding hydrogens is 354 g/mol. The van der Waals surface area contributed by atoms with Crippen LogP contribution in [-0.2, 0) is 0 Å². The average Bonchev–Trinajstić information content (AvgIpc) is 3.08. The van der Waals surface area contributed by atoms with E-state index in [4.69, 9.17) is 16.3 Å². The summed E-state index contributed by atoms with van der Waals surface area (Å²) in [6.45, 7) is 4.05. The van der Waals surface area contributed by atoms with Crippen LogP contribution in [0.5, 0.6) is 5.75 Å². The molecule has 0 fully saturated rings. The Hall–Kier alpha value is -2.64. The fourth-order valence-corrected chi connectivity index (χ4v) is 2.79. The lowest BCUT2D eigenvalue weighted by Gasteiger charge is -2.10. The molecule has 1 unspecified atom stereocenters. The normalized spacial score (nSPS) is 12.0. The van der Waals surface area contributed by atoms with Crippen molar-refractivity contribution in [3.05, 3.63) is 41.3 Å². The van der Waals surface area contributed by atoms with Crippen molar-refractivity contribution in [1.29, 1.82) is 0 Å². The molecule has 8 heteroatoms. The third-order valence-electron chi connectivity index (χ3n) is 3.77. The van der Waals surface area contributed by atoms with Crippen molar-refractivity contribution in [2.75, 3.05) is 19.0 Å². The van der Waals surface area contributed by atoms with Crippen molar-refractivity contribution in [3.63, 3.8) is 0 Å². The number of aromatic nitrogens is 4. The average molecular weight is 374 g/mol. The lowest BCUT2D eigenvalue weighted by Crippen LogP contribution is -2.16. The molecule has 136 valence electrons. The molecule has 0 aliphatic rings. The number of aliphatic hydroxyl groups excluding tert-OH is 1. The first-order valence-electron chi connectivity index (χ1n) is 8.12. The van der Waals surface area contributed by atoms with Gasteiger partial charge in [0.15, 0.2) is 0 Å². The second kappa shape index (κ2) is 7.72. The quantitative estimate of drug-likeness (QED) is 0.574. The lowest BCUT2D eigenvalue weighted by atomic mass is 10.0. The number of H-pyrrole nitrogens is 1. The van der Waals surface area contributed by atoms with Crippen LogP contribution in [0.3, 0.4) is 0 Å². The number of halogens is 1. The predicted molar refractivity (Wildman–Crippen MR) is 102 cm³/mol. The number of aryl methyl sites for hydroxylation is 1. The van der Waals surface area contributed by atoms with Crippen LogP contribution >= 0.6 is 11.6 Å². The predicted octanol–water partition coefficient (Wildman–Crippen LogP) is 3.30. The van der Waals surface area contributed by atoms with E-state index >= 15 is 0 Å². The summed E-state index contributed by atoms with van der Waals surface area (Å²) in [5, 5.41) is 19.8. The summed E-state index contributed by atoms with van der Waals surface area (Å²) in [6.07, 6.45) is 1.19. The molecule has 1 aromatic carbocycles. The van der Waals surface area contributed by atoms with Gasteiger partial charge in [0.2, 0.25) is 5.28 Å². The molecule has 3 N–H and O–H groups in total. The topological polar surface area (TPSA) is 96.0 Å². The molecular formula is C18H20ClN5O2. The van der Waals surface area contributed by atoms with Gasteiger partial charge in [0.05, 0.1) is 30.8 Å². The molecule has 2 heterocycles. The second-order valence-electron chi connectivity index (χ2n) is 6.03. The van der Waals surface area contributed by atoms with E-state index < -0.39 is 6.10 Å². The molecule has 0 aliphatic carbocycles. The second-order valence-corrected chi connectivity index (χ2v) is 6.37. The van der Waals surface area contributed by atoms with Gasteiger partial charge in [0.25, 0.3) is 0 Å². The number of nitrogens with one attached hydrogen (secondary N) is 2. The standard InChI is InChI=1S/C18H20ClN5O2/c1-10-4-12(6-13(5-10)26-3)17-14(9-21-24-17)15-7-16(20-8-11(2)25)23-18(19)22-15/h4-7,9,11,25H,8H2,1-3H3,(H,21,24)(H,20,22,23). The lowest BCUT2D eigenvalue weighted by molar-refractivity contribution is 0.208. The molecule has 26 heavy (non-hydrogen) atoms. The number of rotatable bonds is 6. The van der Waals surface area contributed by atoms with Gasteiger partial charge in [-0.2, -0.15) is 5.10 Å². The zero-order chi connectivity index (χ0) is 18.7. The van der Waals surface area contributed by atoms with Crippen molar-refractivity contribution >= 4 is 17.4 Å². The van der Waals surface area contributed by atoms with E-state index in [1.165, 1.54) is 0 Å². The molecule has 0 spiro atoms. The van der Waals surface area contributed by atoms with Crippen LogP contribution in [0.2, 0.25) is 5.28 Å². The highest BCUT2D eigenvalue weighted by atomic mass is 35.5. The first-order chi connectivity index (χ1) is 12.5. The van der Waals surface area contributed by atoms with Gasteiger partial charge < -0.3 is 15.2 Å². The zero-order valence-electron chi connectivity index (χ0n) is 14.7. The Kier molecular flexibility index (Phi) is 5.39. The van der Waals surface area contributed by atoms with Gasteiger partial charge in [-0.05, 0) is 49.2 Å². The summed E-state index contributed by atoms with van der Waals surface area (Å²) in [6, 6.07) is 7.70. The van der Waals surface area contributed by atoms with Crippen molar-refractivity contribution in [2.45, 2.75) is 20.0 Å². The highest BCUT2D eigenvalue weighted by molar-refractivity contribution is 6.28. The molecule has 1 atom stereocenters. The molecule has 0 bridgehead atoms. The van der Waals surface area contributed by atoms with E-state index in [0.717, 1.165) is 28.1 Å². The number of methoxy groups -OCH3 is 1. The number of aromatic amines is 1. The summed E-state index contributed by atoms with van der Waals surface area (Å²) in [5.74, 6) is 1.30. The van der Waals surface area contributed by atoms with Crippen molar-refractivity contribution in [2.24, 2.45) is 0 Å². The van der Waals surface area contributed by atoms with Crippen LogP contribution in [0.15, 0.2) is 30.5 Å². The van der Waals surface area contributed by atoms with Gasteiger partial charge in [-0.3, -0.25) is 5.10 Å². The smallest absolute Gasteiger partial charge is 0.224 e. The number of nitrogens with zero attached hydrogens (tertiary/aromatic N) is 3. The number of anilines is 1. The number of hydrogen-bond acceptors (Lipinski definition) is 6. The van der Waals surface area contributed by atoms with E-state index in [1.54, 1.807) is 26.3 Å². The monoisotopic (exact) mass is 373 g/mol. The number of benzene rings is 1. The van der Waals surface area contributed by atoms with Gasteiger partial charge in [-0.1, -0.05) is 0 Å². The highest BCUT2D eigenvalue weighted by Gasteiger charge is 2.15. The highest BCUT2D eigenvalue weighted by Crippen LogP contribution is 2.33. The van der Waals surface area contributed by atoms with E-state index in [0.29, 0.717) is 18.1 Å². The zero-order valence-corrected chi connectivity index (χ0v) is 15.5. The first-order valence-corrected chi connectivity index (χ1v) is 8.50. The third-order valence-corrected chi connectivity index (χ3v) is 3.94. The van der Waals surface area contributed by atoms with Crippen molar-refractivity contribution < 1.29 is 9.84 Å². The molecule has 3 aromatic rings. The third kappa shape index (κ3) is 4.12. The Morgan fingerprint density at radius 2 is 2.08 bits per heavy atom. The van der Waals surface area contributed by atoms with Crippen LogP contribution in [0.1, 0.15) is 12.5 Å². The minimum Gasteiger partial charge on any atom is -0.497 e. The van der Waals surface area contributed by atoms with E-state index in [9.17, 15) is 5.11 Å². The Labute approximate surface area is 156 Å². The van der Waals surface area contributed by atoms with E-state index in [-0.39, 0.29) is 5.28 Å². The molecule has 0 saturated heterocycles. The maximum atomic E-state index is 9.44. The number of ether oxygens (including phenoxy) is 1.